The van der Waals surface area contributed by atoms with Crippen molar-refractivity contribution in [3.63, 3.8) is 0 Å². The van der Waals surface area contributed by atoms with Crippen molar-refractivity contribution in [3.8, 4) is 16.9 Å². The third-order valence-electron chi connectivity index (χ3n) is 7.05. The Hall–Kier alpha value is -2.82. The van der Waals surface area contributed by atoms with Gasteiger partial charge in [0.05, 0.1) is 12.5 Å². The number of carbonyl (C=O) groups is 2. The fourth-order valence-corrected chi connectivity index (χ4v) is 4.97. The molecule has 2 aromatic rings. The Kier molecular flexibility index (Phi) is 6.54. The molecule has 1 N–H and O–H groups in total. The average molecular weight is 435 g/mol. The molecule has 4 rings (SSSR count). The van der Waals surface area contributed by atoms with E-state index in [1.54, 1.807) is 7.11 Å². The molecule has 1 aliphatic heterocycles. The number of methoxy groups -OCH3 is 1. The van der Waals surface area contributed by atoms with Gasteiger partial charge in [0.2, 0.25) is 11.8 Å². The molecule has 3 atom stereocenters. The zero-order valence-electron chi connectivity index (χ0n) is 19.4. The summed E-state index contributed by atoms with van der Waals surface area (Å²) in [6.07, 6.45) is 3.30. The summed E-state index contributed by atoms with van der Waals surface area (Å²) in [5, 5.41) is 3.05. The summed E-state index contributed by atoms with van der Waals surface area (Å²) in [6, 6.07) is 16.5. The summed E-state index contributed by atoms with van der Waals surface area (Å²) in [5.41, 5.74) is 2.82. The highest BCUT2D eigenvalue weighted by molar-refractivity contribution is 5.86. The van der Waals surface area contributed by atoms with Crippen LogP contribution >= 0.6 is 0 Å². The number of nitrogens with zero attached hydrogens (tertiary/aromatic N) is 1. The van der Waals surface area contributed by atoms with Gasteiger partial charge in [-0.25, -0.2) is 0 Å². The van der Waals surface area contributed by atoms with Gasteiger partial charge in [0.1, 0.15) is 5.75 Å². The maximum Gasteiger partial charge on any atom is 0.228 e. The number of amides is 2. The number of ether oxygens (including phenoxy) is 1. The van der Waals surface area contributed by atoms with Crippen molar-refractivity contribution in [1.29, 1.82) is 0 Å². The van der Waals surface area contributed by atoms with Gasteiger partial charge < -0.3 is 15.0 Å². The number of piperidine rings is 1. The molecule has 2 amide bonds. The van der Waals surface area contributed by atoms with Gasteiger partial charge in [-0.1, -0.05) is 43.3 Å². The number of rotatable bonds is 7. The van der Waals surface area contributed by atoms with Gasteiger partial charge in [-0.2, -0.15) is 0 Å². The molecule has 5 heteroatoms. The number of nitrogens with one attached hydrogen (secondary N) is 1. The molecule has 170 valence electrons. The molecule has 0 unspecified atom stereocenters. The summed E-state index contributed by atoms with van der Waals surface area (Å²) in [4.78, 5) is 28.1. The maximum atomic E-state index is 13.2. The minimum absolute atomic E-state index is 0.0700. The molecule has 0 spiro atoms. The van der Waals surface area contributed by atoms with E-state index >= 15 is 0 Å². The molecule has 32 heavy (non-hydrogen) atoms. The first kappa shape index (κ1) is 22.4. The number of hydrogen-bond donors (Lipinski definition) is 1. The first-order valence-electron chi connectivity index (χ1n) is 11.8. The molecule has 0 aromatic heterocycles. The summed E-state index contributed by atoms with van der Waals surface area (Å²) in [6.45, 7) is 5.96. The third-order valence-corrected chi connectivity index (χ3v) is 7.05. The predicted octanol–water partition coefficient (Wildman–Crippen LogP) is 4.31. The fraction of sp³-hybridized carbons (Fsp3) is 0.481. The van der Waals surface area contributed by atoms with E-state index in [0.717, 1.165) is 48.2 Å². The first-order valence-corrected chi connectivity index (χ1v) is 11.8. The van der Waals surface area contributed by atoms with Crippen molar-refractivity contribution in [3.05, 3.63) is 54.1 Å². The molecule has 2 aliphatic rings. The van der Waals surface area contributed by atoms with Crippen molar-refractivity contribution < 1.29 is 14.3 Å². The van der Waals surface area contributed by atoms with Gasteiger partial charge in [-0.05, 0) is 67.3 Å². The fourth-order valence-electron chi connectivity index (χ4n) is 4.97. The second-order valence-electron chi connectivity index (χ2n) is 9.42. The summed E-state index contributed by atoms with van der Waals surface area (Å²) >= 11 is 0. The summed E-state index contributed by atoms with van der Waals surface area (Å²) in [5.74, 6) is 1.78. The van der Waals surface area contributed by atoms with Crippen LogP contribution in [-0.2, 0) is 16.0 Å². The van der Waals surface area contributed by atoms with Crippen LogP contribution in [0.3, 0.4) is 0 Å². The minimum atomic E-state index is -0.566. The van der Waals surface area contributed by atoms with Crippen LogP contribution in [0.5, 0.6) is 5.75 Å². The summed E-state index contributed by atoms with van der Waals surface area (Å²) in [7, 11) is 1.67. The smallest absolute Gasteiger partial charge is 0.228 e. The second kappa shape index (κ2) is 9.35. The van der Waals surface area contributed by atoms with E-state index in [2.05, 4.69) is 36.5 Å². The SMILES string of the molecule is CCNC(=O)[C@]1(Cc2ccc(-c3ccc(OC)cc3)cc2)CCCN(C(=O)[C@H]2C[C@H]2C)C1. The lowest BCUT2D eigenvalue weighted by molar-refractivity contribution is -0.142. The third kappa shape index (κ3) is 4.67. The van der Waals surface area contributed by atoms with Gasteiger partial charge in [0, 0.05) is 25.6 Å². The van der Waals surface area contributed by atoms with E-state index in [1.165, 1.54) is 0 Å². The number of carbonyl (C=O) groups excluding carboxylic acids is 2. The van der Waals surface area contributed by atoms with Crippen LogP contribution in [0.4, 0.5) is 0 Å². The van der Waals surface area contributed by atoms with E-state index in [1.807, 2.05) is 36.1 Å². The highest BCUT2D eigenvalue weighted by atomic mass is 16.5. The Bertz CT molecular complexity index is 954. The van der Waals surface area contributed by atoms with Crippen molar-refractivity contribution in [2.75, 3.05) is 26.7 Å². The minimum Gasteiger partial charge on any atom is -0.497 e. The monoisotopic (exact) mass is 434 g/mol. The van der Waals surface area contributed by atoms with Gasteiger partial charge in [0.15, 0.2) is 0 Å². The van der Waals surface area contributed by atoms with Crippen LogP contribution in [0.2, 0.25) is 0 Å². The van der Waals surface area contributed by atoms with Gasteiger partial charge in [0.25, 0.3) is 0 Å². The molecule has 2 aromatic carbocycles. The molecule has 1 saturated carbocycles. The van der Waals surface area contributed by atoms with Crippen molar-refractivity contribution >= 4 is 11.8 Å². The second-order valence-corrected chi connectivity index (χ2v) is 9.42. The van der Waals surface area contributed by atoms with E-state index < -0.39 is 5.41 Å². The zero-order chi connectivity index (χ0) is 22.7. The highest BCUT2D eigenvalue weighted by Crippen LogP contribution is 2.42. The Morgan fingerprint density at radius 3 is 2.28 bits per heavy atom. The highest BCUT2D eigenvalue weighted by Gasteiger charge is 2.47. The molecular weight excluding hydrogens is 400 g/mol. The molecular formula is C27H34N2O3. The molecule has 0 bridgehead atoms. The van der Waals surface area contributed by atoms with Crippen LogP contribution in [0, 0.1) is 17.3 Å². The Morgan fingerprint density at radius 1 is 1.09 bits per heavy atom. The Morgan fingerprint density at radius 2 is 1.72 bits per heavy atom. The number of likely N-dealkylation sites (tertiary alicyclic amines) is 1. The van der Waals surface area contributed by atoms with Crippen LogP contribution in [0.1, 0.15) is 38.7 Å². The zero-order valence-corrected chi connectivity index (χ0v) is 19.4. The molecule has 1 aliphatic carbocycles. The average Bonchev–Trinajstić information content (AvgIpc) is 3.56. The first-order chi connectivity index (χ1) is 15.5. The van der Waals surface area contributed by atoms with Crippen LogP contribution in [0.15, 0.2) is 48.5 Å². The lowest BCUT2D eigenvalue weighted by Gasteiger charge is -2.42. The lowest BCUT2D eigenvalue weighted by Crippen LogP contribution is -2.54. The standard InChI is InChI=1S/C27H34N2O3/c1-4-28-26(31)27(14-5-15-29(18-27)25(30)24-16-19(24)2)17-20-6-8-21(9-7-20)22-10-12-23(32-3)13-11-22/h6-13,19,24H,4-5,14-18H2,1-3H3,(H,28,31)/t19-,24+,27+/m1/s1. The van der Waals surface area contributed by atoms with Crippen molar-refractivity contribution in [1.82, 2.24) is 10.2 Å². The molecule has 5 nitrogen and oxygen atoms in total. The van der Waals surface area contributed by atoms with Gasteiger partial charge in [-0.15, -0.1) is 0 Å². The quantitative estimate of drug-likeness (QED) is 0.707. The van der Waals surface area contributed by atoms with Gasteiger partial charge >= 0.3 is 0 Å². The van der Waals surface area contributed by atoms with Crippen molar-refractivity contribution in [2.24, 2.45) is 17.3 Å². The maximum absolute atomic E-state index is 13.2. The summed E-state index contributed by atoms with van der Waals surface area (Å²) < 4.78 is 5.25. The van der Waals surface area contributed by atoms with E-state index in [9.17, 15) is 9.59 Å². The van der Waals surface area contributed by atoms with Crippen LogP contribution in [0.25, 0.3) is 11.1 Å². The number of hydrogen-bond acceptors (Lipinski definition) is 3. The van der Waals surface area contributed by atoms with Crippen LogP contribution in [-0.4, -0.2) is 43.5 Å². The van der Waals surface area contributed by atoms with Crippen molar-refractivity contribution in [2.45, 2.75) is 39.5 Å². The van der Waals surface area contributed by atoms with E-state index in [-0.39, 0.29) is 17.7 Å². The number of benzene rings is 2. The Balaban J connectivity index is 1.53. The molecule has 0 radical (unpaired) electrons. The normalized spacial score (nSPS) is 24.7. The van der Waals surface area contributed by atoms with E-state index in [4.69, 9.17) is 4.74 Å². The molecule has 1 heterocycles. The van der Waals surface area contributed by atoms with E-state index in [0.29, 0.717) is 25.4 Å². The Labute approximate surface area is 191 Å². The topological polar surface area (TPSA) is 58.6 Å². The predicted molar refractivity (Wildman–Crippen MR) is 126 cm³/mol. The van der Waals surface area contributed by atoms with Crippen LogP contribution < -0.4 is 10.1 Å². The van der Waals surface area contributed by atoms with Gasteiger partial charge in [-0.3, -0.25) is 9.59 Å². The largest absolute Gasteiger partial charge is 0.497 e. The molecule has 2 fully saturated rings. The molecule has 1 saturated heterocycles. The lowest BCUT2D eigenvalue weighted by atomic mass is 9.74.